The Bertz CT molecular complexity index is 11300. The van der Waals surface area contributed by atoms with Gasteiger partial charge in [0, 0.05) is 159 Å². The molecule has 0 aliphatic heterocycles. The van der Waals surface area contributed by atoms with Gasteiger partial charge in [0.05, 0.1) is 66.2 Å². The van der Waals surface area contributed by atoms with Gasteiger partial charge in [0.2, 0.25) is 0 Å². The average Bonchev–Trinajstić information content (AvgIpc) is 1.51. The van der Waals surface area contributed by atoms with Crippen LogP contribution in [0.5, 0.6) is 0 Å². The fraction of sp³-hybridized carbons (Fsp3) is 0. The summed E-state index contributed by atoms with van der Waals surface area (Å²) in [5.74, 6) is 0. The molecule has 147 heavy (non-hydrogen) atoms. The fourth-order valence-electron chi connectivity index (χ4n) is 24.2. The van der Waals surface area contributed by atoms with Crippen molar-refractivity contribution in [2.75, 3.05) is 0 Å². The zero-order valence-electron chi connectivity index (χ0n) is 79.4. The van der Waals surface area contributed by atoms with Crippen LogP contribution in [0.4, 0.5) is 0 Å². The van der Waals surface area contributed by atoms with E-state index in [9.17, 15) is 0 Å². The van der Waals surface area contributed by atoms with Crippen LogP contribution in [0, 0.1) is 0 Å². The second-order valence-electron chi connectivity index (χ2n) is 38.9. The number of benzene rings is 24. The Balaban J connectivity index is 0.0000000999. The molecule has 9 heterocycles. The molecular weight excluding hydrogens is 1840 g/mol. The van der Waals surface area contributed by atoms with Gasteiger partial charge in [-0.15, -0.1) is 34.0 Å². The Hall–Kier alpha value is -18.5. The number of hydrogen-bond acceptors (Lipinski definition) is 3. The SMILES string of the molecule is c1ccc(-n2c3ccc(-c4ccc5c(c4)c4ccccc4n5-c4ccc5ccccc5c4)cc3c3c4c(ccc32)sc2ccccc24)cc1.c1ccc(-n2c3ccc(-c4ccc5c(c4)c4ccccc4n5-c4ccc5ccccc5c4)cc3c3c4sc5ccccc5c4ccc32)cc1.c1ccc(-n2c3ccc(-c4ccc5c(c4)c4ccccc4n5-c4ccc5ccccc5c4)cc3c3cc4sc5ccccc5c4cc32)cc1. The topological polar surface area (TPSA) is 29.6 Å². The van der Waals surface area contributed by atoms with Crippen LogP contribution in [0.15, 0.2) is 510 Å². The van der Waals surface area contributed by atoms with Gasteiger partial charge in [-0.3, -0.25) is 0 Å². The van der Waals surface area contributed by atoms with Gasteiger partial charge in [-0.25, -0.2) is 0 Å². The van der Waals surface area contributed by atoms with Gasteiger partial charge in [0.1, 0.15) is 0 Å². The van der Waals surface area contributed by atoms with Crippen molar-refractivity contribution in [2.45, 2.75) is 0 Å². The van der Waals surface area contributed by atoms with Crippen LogP contribution in [-0.4, -0.2) is 27.4 Å². The molecule has 0 aliphatic rings. The lowest BCUT2D eigenvalue weighted by Gasteiger charge is -2.10. The van der Waals surface area contributed by atoms with Crippen LogP contribution in [0.25, 0.3) is 291 Å². The molecular formula is C138H84N6S3. The van der Waals surface area contributed by atoms with E-state index < -0.39 is 0 Å². The Kier molecular flexibility index (Phi) is 18.7. The van der Waals surface area contributed by atoms with E-state index in [1.54, 1.807) is 0 Å². The predicted octanol–water partition coefficient (Wildman–Crippen LogP) is 39.2. The quantitative estimate of drug-likeness (QED) is 0.138. The average molecular weight is 1920 g/mol. The normalized spacial score (nSPS) is 12.1. The highest BCUT2D eigenvalue weighted by atomic mass is 32.1. The first kappa shape index (κ1) is 83.2. The summed E-state index contributed by atoms with van der Waals surface area (Å²) < 4.78 is 22.5. The minimum atomic E-state index is 1.18. The molecule has 9 heteroatoms. The third kappa shape index (κ3) is 13.1. The van der Waals surface area contributed by atoms with Crippen molar-refractivity contribution in [1.29, 1.82) is 0 Å². The van der Waals surface area contributed by atoms with Gasteiger partial charge in [-0.2, -0.15) is 0 Å². The molecule has 0 N–H and O–H groups in total. The summed E-state index contributed by atoms with van der Waals surface area (Å²) >= 11 is 5.67. The standard InChI is InChI=1S/3C46H28N2S/c1-2-12-33(13-3-1)47-42-24-20-32(28-39(42)45-43(47)25-22-37-36-15-7-9-17-44(36)49-46(37)45)31-19-23-41-38(27-31)35-14-6-8-16-40(35)48(41)34-21-18-29-10-4-5-11-30(29)26-34;1-2-12-33(13-3-1)47-43-23-20-32(26-38(43)39-28-46-40(27-44(39)47)36-15-7-9-17-45(36)49-46)31-19-22-42-37(25-31)35-14-6-8-16-41(35)48(42)34-21-18-29-10-4-5-11-30(29)24-34;1-2-12-33(13-3-1)47-41-23-20-32(28-38(41)45-42(47)24-25-44-46(45)36-15-7-9-17-43(36)49-44)31-19-22-40-37(27-31)35-14-6-8-16-39(35)48(40)34-21-18-29-10-4-5-11-30(29)26-34/h3*1-28H. The van der Waals surface area contributed by atoms with Gasteiger partial charge in [0.15, 0.2) is 0 Å². The van der Waals surface area contributed by atoms with E-state index >= 15 is 0 Å². The lowest BCUT2D eigenvalue weighted by Crippen LogP contribution is -1.94. The number of nitrogens with zero attached hydrogens (tertiary/aromatic N) is 6. The molecule has 0 unspecified atom stereocenters. The molecule has 33 aromatic rings. The van der Waals surface area contributed by atoms with Crippen molar-refractivity contribution >= 4 is 258 Å². The Morgan fingerprint density at radius 1 is 0.116 bits per heavy atom. The van der Waals surface area contributed by atoms with Crippen molar-refractivity contribution in [3.63, 3.8) is 0 Å². The Labute approximate surface area is 855 Å². The minimum Gasteiger partial charge on any atom is -0.309 e. The van der Waals surface area contributed by atoms with Crippen LogP contribution in [-0.2, 0) is 0 Å². The van der Waals surface area contributed by atoms with Crippen molar-refractivity contribution in [2.24, 2.45) is 0 Å². The summed E-state index contributed by atoms with van der Waals surface area (Å²) in [7, 11) is 0. The molecule has 0 bridgehead atoms. The summed E-state index contributed by atoms with van der Waals surface area (Å²) in [5, 5.41) is 30.9. The molecule has 33 rings (SSSR count). The van der Waals surface area contributed by atoms with Crippen molar-refractivity contribution in [1.82, 2.24) is 27.4 Å². The smallest absolute Gasteiger partial charge is 0.0555 e. The monoisotopic (exact) mass is 1920 g/mol. The molecule has 684 valence electrons. The molecule has 0 saturated carbocycles. The van der Waals surface area contributed by atoms with Crippen LogP contribution >= 0.6 is 34.0 Å². The molecule has 0 aliphatic carbocycles. The van der Waals surface area contributed by atoms with E-state index in [0.29, 0.717) is 0 Å². The van der Waals surface area contributed by atoms with Crippen LogP contribution in [0.1, 0.15) is 0 Å². The highest BCUT2D eigenvalue weighted by molar-refractivity contribution is 7.27. The molecule has 0 atom stereocenters. The Morgan fingerprint density at radius 3 is 0.837 bits per heavy atom. The highest BCUT2D eigenvalue weighted by Crippen LogP contribution is 2.51. The number of aromatic nitrogens is 6. The molecule has 0 saturated heterocycles. The first-order valence-corrected chi connectivity index (χ1v) is 52.7. The minimum absolute atomic E-state index is 1.18. The number of fused-ring (bicyclic) bond motifs is 32. The maximum Gasteiger partial charge on any atom is 0.0555 e. The first-order chi connectivity index (χ1) is 72.9. The summed E-state index contributed by atoms with van der Waals surface area (Å²) in [6, 6.07) is 187. The second-order valence-corrected chi connectivity index (χ2v) is 42.1. The van der Waals surface area contributed by atoms with Gasteiger partial charge in [0.25, 0.3) is 0 Å². The molecule has 0 radical (unpaired) electrons. The van der Waals surface area contributed by atoms with Crippen molar-refractivity contribution in [3.05, 3.63) is 510 Å². The summed E-state index contributed by atoms with van der Waals surface area (Å²) in [6.45, 7) is 0. The van der Waals surface area contributed by atoms with Gasteiger partial charge in [-0.1, -0.05) is 297 Å². The summed E-state index contributed by atoms with van der Waals surface area (Å²) in [5.41, 5.74) is 29.1. The summed E-state index contributed by atoms with van der Waals surface area (Å²) in [4.78, 5) is 0. The molecule has 9 aromatic heterocycles. The Morgan fingerprint density at radius 2 is 0.401 bits per heavy atom. The number of rotatable bonds is 9. The van der Waals surface area contributed by atoms with Crippen LogP contribution in [0.3, 0.4) is 0 Å². The van der Waals surface area contributed by atoms with Crippen molar-refractivity contribution < 1.29 is 0 Å². The maximum absolute atomic E-state index is 2.43. The largest absolute Gasteiger partial charge is 0.309 e. The zero-order valence-corrected chi connectivity index (χ0v) is 81.9. The van der Waals surface area contributed by atoms with E-state index in [4.69, 9.17) is 0 Å². The van der Waals surface area contributed by atoms with E-state index in [2.05, 4.69) is 537 Å². The lowest BCUT2D eigenvalue weighted by atomic mass is 9.99. The van der Waals surface area contributed by atoms with Gasteiger partial charge in [-0.05, 0) is 278 Å². The molecule has 24 aromatic carbocycles. The molecule has 0 amide bonds. The number of thiophene rings is 3. The number of hydrogen-bond donors (Lipinski definition) is 0. The van der Waals surface area contributed by atoms with E-state index in [1.807, 2.05) is 34.0 Å². The molecule has 0 fully saturated rings. The predicted molar refractivity (Wildman–Crippen MR) is 633 cm³/mol. The van der Waals surface area contributed by atoms with E-state index in [1.165, 1.54) is 291 Å². The first-order valence-electron chi connectivity index (χ1n) is 50.3. The summed E-state index contributed by atoms with van der Waals surface area (Å²) in [6.07, 6.45) is 0. The van der Waals surface area contributed by atoms with Gasteiger partial charge >= 0.3 is 0 Å². The van der Waals surface area contributed by atoms with Gasteiger partial charge < -0.3 is 27.4 Å². The third-order valence-corrected chi connectivity index (χ3v) is 34.3. The van der Waals surface area contributed by atoms with Crippen LogP contribution in [0.2, 0.25) is 0 Å². The number of para-hydroxylation sites is 6. The lowest BCUT2D eigenvalue weighted by molar-refractivity contribution is 1.18. The van der Waals surface area contributed by atoms with E-state index in [-0.39, 0.29) is 0 Å². The van der Waals surface area contributed by atoms with E-state index in [0.717, 1.165) is 0 Å². The second kappa shape index (κ2) is 33.1. The van der Waals surface area contributed by atoms with Crippen LogP contribution < -0.4 is 0 Å². The third-order valence-electron chi connectivity index (χ3n) is 30.8. The van der Waals surface area contributed by atoms with Crippen molar-refractivity contribution in [3.8, 4) is 67.5 Å². The molecule has 0 spiro atoms. The fourth-order valence-corrected chi connectivity index (χ4v) is 27.7. The zero-order chi connectivity index (χ0) is 96.2. The highest BCUT2D eigenvalue weighted by Gasteiger charge is 2.26. The molecule has 6 nitrogen and oxygen atoms in total. The maximum atomic E-state index is 2.43.